The van der Waals surface area contributed by atoms with Gasteiger partial charge in [-0.3, -0.25) is 4.79 Å². The number of benzene rings is 2. The Morgan fingerprint density at radius 3 is 2.48 bits per heavy atom. The lowest BCUT2D eigenvalue weighted by molar-refractivity contribution is -0.113. The molecule has 0 aliphatic heterocycles. The largest absolute Gasteiger partial charge is 0.497 e. The minimum Gasteiger partial charge on any atom is -0.497 e. The molecule has 1 heterocycles. The van der Waals surface area contributed by atoms with Gasteiger partial charge in [-0.25, -0.2) is 0 Å². The highest BCUT2D eigenvalue weighted by atomic mass is 32.2. The summed E-state index contributed by atoms with van der Waals surface area (Å²) < 4.78 is 18.4. The van der Waals surface area contributed by atoms with Crippen LogP contribution in [0.25, 0.3) is 0 Å². The van der Waals surface area contributed by atoms with Crippen molar-refractivity contribution in [3.63, 3.8) is 0 Å². The van der Waals surface area contributed by atoms with Crippen molar-refractivity contribution < 1.29 is 19.0 Å². The Hall–Kier alpha value is -3.20. The number of methoxy groups -OCH3 is 1. The smallest absolute Gasteiger partial charge is 0.234 e. The van der Waals surface area contributed by atoms with Gasteiger partial charge >= 0.3 is 0 Å². The van der Waals surface area contributed by atoms with E-state index in [2.05, 4.69) is 15.5 Å². The summed E-state index contributed by atoms with van der Waals surface area (Å²) in [6, 6.07) is 14.7. The van der Waals surface area contributed by atoms with Crippen molar-refractivity contribution in [3.05, 3.63) is 54.4 Å². The number of hydrogen-bond acceptors (Lipinski definition) is 7. The Bertz CT molecular complexity index is 991. The van der Waals surface area contributed by atoms with E-state index in [9.17, 15) is 4.79 Å². The minimum atomic E-state index is -0.140. The number of rotatable bonds is 11. The van der Waals surface area contributed by atoms with Crippen molar-refractivity contribution in [3.8, 4) is 17.2 Å². The lowest BCUT2D eigenvalue weighted by atomic mass is 10.3. The quantitative estimate of drug-likeness (QED) is 0.449. The van der Waals surface area contributed by atoms with Crippen molar-refractivity contribution >= 4 is 23.4 Å². The van der Waals surface area contributed by atoms with Gasteiger partial charge in [0.2, 0.25) is 5.91 Å². The standard InChI is InChI=1S/C22H26N4O4S/c1-4-26-20(14-30-17-12-10-16(28-3)11-13-17)24-25-22(26)31-15-21(27)23-18-8-6-7-9-19(18)29-5-2/h6-13H,4-5,14-15H2,1-3H3,(H,23,27). The van der Waals surface area contributed by atoms with Gasteiger partial charge in [0.05, 0.1) is 25.2 Å². The fraction of sp³-hybridized carbons (Fsp3) is 0.318. The van der Waals surface area contributed by atoms with Gasteiger partial charge in [0.1, 0.15) is 23.9 Å². The number of aromatic nitrogens is 3. The molecule has 164 valence electrons. The van der Waals surface area contributed by atoms with Crippen LogP contribution in [0.15, 0.2) is 53.7 Å². The molecule has 0 saturated heterocycles. The number of carbonyl (C=O) groups is 1. The molecule has 0 fully saturated rings. The van der Waals surface area contributed by atoms with Crippen molar-refractivity contribution in [1.29, 1.82) is 0 Å². The zero-order valence-corrected chi connectivity index (χ0v) is 18.6. The molecule has 1 amide bonds. The molecule has 9 heteroatoms. The van der Waals surface area contributed by atoms with E-state index in [1.54, 1.807) is 7.11 Å². The van der Waals surface area contributed by atoms with Crippen LogP contribution in [0.1, 0.15) is 19.7 Å². The van der Waals surface area contributed by atoms with Crippen LogP contribution >= 0.6 is 11.8 Å². The third kappa shape index (κ3) is 6.14. The maximum atomic E-state index is 12.4. The molecule has 0 aliphatic carbocycles. The Morgan fingerprint density at radius 1 is 1.03 bits per heavy atom. The number of carbonyl (C=O) groups excluding carboxylic acids is 1. The molecule has 3 rings (SSSR count). The molecule has 1 N–H and O–H groups in total. The SMILES string of the molecule is CCOc1ccccc1NC(=O)CSc1nnc(COc2ccc(OC)cc2)n1CC. The summed E-state index contributed by atoms with van der Waals surface area (Å²) in [5.41, 5.74) is 0.653. The van der Waals surface area contributed by atoms with Crippen LogP contribution < -0.4 is 19.5 Å². The Balaban J connectivity index is 1.57. The molecule has 0 aliphatic rings. The molecular formula is C22H26N4O4S. The predicted molar refractivity (Wildman–Crippen MR) is 120 cm³/mol. The van der Waals surface area contributed by atoms with Crippen molar-refractivity contribution in [2.24, 2.45) is 0 Å². The van der Waals surface area contributed by atoms with E-state index in [-0.39, 0.29) is 18.3 Å². The third-order valence-electron chi connectivity index (χ3n) is 4.33. The second-order valence-electron chi connectivity index (χ2n) is 6.37. The van der Waals surface area contributed by atoms with Crippen LogP contribution in [0.4, 0.5) is 5.69 Å². The summed E-state index contributed by atoms with van der Waals surface area (Å²) in [6.07, 6.45) is 0. The number of anilines is 1. The van der Waals surface area contributed by atoms with Crippen molar-refractivity contribution in [2.45, 2.75) is 32.2 Å². The van der Waals surface area contributed by atoms with Crippen molar-refractivity contribution in [2.75, 3.05) is 24.8 Å². The van der Waals surface area contributed by atoms with Crippen LogP contribution in [-0.4, -0.2) is 40.1 Å². The maximum Gasteiger partial charge on any atom is 0.234 e. The summed E-state index contributed by atoms with van der Waals surface area (Å²) in [5.74, 6) is 2.90. The molecule has 0 saturated carbocycles. The minimum absolute atomic E-state index is 0.140. The first-order valence-corrected chi connectivity index (χ1v) is 11.0. The second kappa shape index (κ2) is 11.3. The number of nitrogens with one attached hydrogen (secondary N) is 1. The number of ether oxygens (including phenoxy) is 3. The zero-order chi connectivity index (χ0) is 22.1. The summed E-state index contributed by atoms with van der Waals surface area (Å²) in [5, 5.41) is 12.0. The number of thioether (sulfide) groups is 1. The Kier molecular flexibility index (Phi) is 8.17. The van der Waals surface area contributed by atoms with E-state index in [1.807, 2.05) is 66.9 Å². The highest BCUT2D eigenvalue weighted by Crippen LogP contribution is 2.25. The van der Waals surface area contributed by atoms with E-state index in [4.69, 9.17) is 14.2 Å². The molecule has 0 spiro atoms. The highest BCUT2D eigenvalue weighted by molar-refractivity contribution is 7.99. The fourth-order valence-corrected chi connectivity index (χ4v) is 3.66. The molecule has 0 atom stereocenters. The van der Waals surface area contributed by atoms with Gasteiger partial charge in [-0.2, -0.15) is 0 Å². The first-order chi connectivity index (χ1) is 15.1. The van der Waals surface area contributed by atoms with E-state index in [0.29, 0.717) is 41.3 Å². The van der Waals surface area contributed by atoms with Crippen molar-refractivity contribution in [1.82, 2.24) is 14.8 Å². The second-order valence-corrected chi connectivity index (χ2v) is 7.32. The molecule has 0 radical (unpaired) electrons. The van der Waals surface area contributed by atoms with Crippen LogP contribution in [-0.2, 0) is 17.9 Å². The zero-order valence-electron chi connectivity index (χ0n) is 17.8. The molecule has 3 aromatic rings. The van der Waals surface area contributed by atoms with Gasteiger partial charge in [0.15, 0.2) is 11.0 Å². The number of amides is 1. The summed E-state index contributed by atoms with van der Waals surface area (Å²) in [4.78, 5) is 12.4. The molecule has 0 unspecified atom stereocenters. The van der Waals surface area contributed by atoms with E-state index >= 15 is 0 Å². The average molecular weight is 443 g/mol. The van der Waals surface area contributed by atoms with E-state index in [1.165, 1.54) is 11.8 Å². The first kappa shape index (κ1) is 22.5. The van der Waals surface area contributed by atoms with Gasteiger partial charge in [0.25, 0.3) is 0 Å². The Labute approximate surface area is 185 Å². The summed E-state index contributed by atoms with van der Waals surface area (Å²) in [6.45, 7) is 5.39. The third-order valence-corrected chi connectivity index (χ3v) is 5.30. The van der Waals surface area contributed by atoms with Gasteiger partial charge < -0.3 is 24.1 Å². The lowest BCUT2D eigenvalue weighted by Gasteiger charge is -2.11. The number of para-hydroxylation sites is 2. The average Bonchev–Trinajstić information content (AvgIpc) is 3.20. The molecule has 8 nitrogen and oxygen atoms in total. The van der Waals surface area contributed by atoms with Crippen LogP contribution in [0.2, 0.25) is 0 Å². The molecule has 1 aromatic heterocycles. The van der Waals surface area contributed by atoms with Gasteiger partial charge in [-0.1, -0.05) is 23.9 Å². The topological polar surface area (TPSA) is 87.5 Å². The maximum absolute atomic E-state index is 12.4. The lowest BCUT2D eigenvalue weighted by Crippen LogP contribution is -2.15. The van der Waals surface area contributed by atoms with E-state index in [0.717, 1.165) is 5.75 Å². The van der Waals surface area contributed by atoms with E-state index < -0.39 is 0 Å². The van der Waals surface area contributed by atoms with Gasteiger partial charge in [-0.05, 0) is 50.2 Å². The normalized spacial score (nSPS) is 10.5. The van der Waals surface area contributed by atoms with Gasteiger partial charge in [-0.15, -0.1) is 10.2 Å². The monoisotopic (exact) mass is 442 g/mol. The molecule has 31 heavy (non-hydrogen) atoms. The molecular weight excluding hydrogens is 416 g/mol. The van der Waals surface area contributed by atoms with Gasteiger partial charge in [0, 0.05) is 6.54 Å². The molecule has 0 bridgehead atoms. The highest BCUT2D eigenvalue weighted by Gasteiger charge is 2.15. The molecule has 2 aromatic carbocycles. The Morgan fingerprint density at radius 2 is 1.77 bits per heavy atom. The van der Waals surface area contributed by atoms with Crippen LogP contribution in [0.3, 0.4) is 0 Å². The van der Waals surface area contributed by atoms with Crippen LogP contribution in [0.5, 0.6) is 17.2 Å². The van der Waals surface area contributed by atoms with Crippen LogP contribution in [0, 0.1) is 0 Å². The summed E-state index contributed by atoms with van der Waals surface area (Å²) in [7, 11) is 1.62. The predicted octanol–water partition coefficient (Wildman–Crippen LogP) is 4.02. The number of nitrogens with zero attached hydrogens (tertiary/aromatic N) is 3. The number of hydrogen-bond donors (Lipinski definition) is 1. The fourth-order valence-electron chi connectivity index (χ4n) is 2.84. The summed E-state index contributed by atoms with van der Waals surface area (Å²) >= 11 is 1.33. The first-order valence-electron chi connectivity index (χ1n) is 9.98.